The van der Waals surface area contributed by atoms with Crippen LogP contribution in [0.5, 0.6) is 0 Å². The van der Waals surface area contributed by atoms with E-state index in [4.69, 9.17) is 0 Å². The summed E-state index contributed by atoms with van der Waals surface area (Å²) in [7, 11) is 2.29. The number of likely N-dealkylation sites (N-methyl/N-ethyl adjacent to an activating group) is 1. The van der Waals surface area contributed by atoms with Gasteiger partial charge in [-0.05, 0) is 31.0 Å². The van der Waals surface area contributed by atoms with E-state index in [1.54, 1.807) is 11.1 Å². The Kier molecular flexibility index (Phi) is 7.99. The van der Waals surface area contributed by atoms with Gasteiger partial charge in [0.15, 0.2) is 0 Å². The average molecular weight is 332 g/mol. The Labute approximate surface area is 140 Å². The molecule has 21 heavy (non-hydrogen) atoms. The van der Waals surface area contributed by atoms with Gasteiger partial charge in [-0.3, -0.25) is 9.80 Å². The molecule has 120 valence electrons. The minimum absolute atomic E-state index is 0. The van der Waals surface area contributed by atoms with E-state index >= 15 is 0 Å². The summed E-state index contributed by atoms with van der Waals surface area (Å²) in [6.45, 7) is 7.09. The van der Waals surface area contributed by atoms with Gasteiger partial charge < -0.3 is 5.32 Å². The van der Waals surface area contributed by atoms with Crippen LogP contribution in [0.15, 0.2) is 24.3 Å². The monoisotopic (exact) mass is 331 g/mol. The summed E-state index contributed by atoms with van der Waals surface area (Å²) < 4.78 is 0. The van der Waals surface area contributed by atoms with Gasteiger partial charge in [-0.25, -0.2) is 0 Å². The van der Waals surface area contributed by atoms with Crippen molar-refractivity contribution in [3.05, 3.63) is 35.4 Å². The van der Waals surface area contributed by atoms with Crippen molar-refractivity contribution in [3.63, 3.8) is 0 Å². The van der Waals surface area contributed by atoms with Gasteiger partial charge in [0, 0.05) is 45.3 Å². The number of aryl methyl sites for hydroxylation is 1. The van der Waals surface area contributed by atoms with Crippen LogP contribution in [0.4, 0.5) is 0 Å². The molecule has 1 unspecified atom stereocenters. The van der Waals surface area contributed by atoms with Crippen LogP contribution in [-0.4, -0.2) is 56.1 Å². The number of hydrogen-bond acceptors (Lipinski definition) is 3. The number of halogens is 2. The van der Waals surface area contributed by atoms with E-state index in [2.05, 4.69) is 46.4 Å². The van der Waals surface area contributed by atoms with Crippen LogP contribution in [-0.2, 0) is 6.42 Å². The van der Waals surface area contributed by atoms with Crippen LogP contribution in [0.3, 0.4) is 0 Å². The predicted octanol–water partition coefficient (Wildman–Crippen LogP) is 2.35. The van der Waals surface area contributed by atoms with E-state index in [0.29, 0.717) is 6.04 Å². The van der Waals surface area contributed by atoms with Gasteiger partial charge in [0.1, 0.15) is 0 Å². The maximum absolute atomic E-state index is 3.42. The molecule has 1 atom stereocenters. The Bertz CT molecular complexity index is 422. The number of rotatable bonds is 4. The second-order valence-corrected chi connectivity index (χ2v) is 5.83. The van der Waals surface area contributed by atoms with E-state index in [0.717, 1.165) is 13.1 Å². The highest BCUT2D eigenvalue weighted by Crippen LogP contribution is 2.34. The fourth-order valence-electron chi connectivity index (χ4n) is 3.38. The van der Waals surface area contributed by atoms with Gasteiger partial charge in [-0.2, -0.15) is 0 Å². The standard InChI is InChI=1S/C16H25N3.2ClH/c1-18(12-13-19-10-8-17-9-11-19)16-7-6-14-4-2-3-5-15(14)16;;/h2-5,16-17H,6-13H2,1H3;2*1H. The zero-order chi connectivity index (χ0) is 13.1. The SMILES string of the molecule is CN(CCN1CCNCC1)C1CCc2ccccc21.Cl.Cl. The van der Waals surface area contributed by atoms with E-state index < -0.39 is 0 Å². The number of nitrogens with one attached hydrogen (secondary N) is 1. The van der Waals surface area contributed by atoms with Gasteiger partial charge in [0.2, 0.25) is 0 Å². The summed E-state index contributed by atoms with van der Waals surface area (Å²) in [4.78, 5) is 5.13. The van der Waals surface area contributed by atoms with Crippen LogP contribution in [0, 0.1) is 0 Å². The van der Waals surface area contributed by atoms with Gasteiger partial charge in [0.25, 0.3) is 0 Å². The lowest BCUT2D eigenvalue weighted by molar-refractivity contribution is 0.177. The molecule has 3 nitrogen and oxygen atoms in total. The minimum atomic E-state index is 0. The van der Waals surface area contributed by atoms with E-state index in [1.165, 1.54) is 39.0 Å². The summed E-state index contributed by atoms with van der Waals surface area (Å²) in [5.41, 5.74) is 3.12. The predicted molar refractivity (Wildman–Crippen MR) is 93.9 cm³/mol. The van der Waals surface area contributed by atoms with Crippen molar-refractivity contribution in [1.82, 2.24) is 15.1 Å². The molecule has 0 spiro atoms. The number of nitrogens with zero attached hydrogens (tertiary/aromatic N) is 2. The first-order valence-corrected chi connectivity index (χ1v) is 7.56. The lowest BCUT2D eigenvalue weighted by Crippen LogP contribution is -2.46. The molecule has 0 aromatic heterocycles. The first-order chi connectivity index (χ1) is 9.34. The highest BCUT2D eigenvalue weighted by Gasteiger charge is 2.25. The van der Waals surface area contributed by atoms with E-state index in [9.17, 15) is 0 Å². The molecule has 1 aliphatic carbocycles. The van der Waals surface area contributed by atoms with Crippen LogP contribution in [0.2, 0.25) is 0 Å². The molecule has 5 heteroatoms. The summed E-state index contributed by atoms with van der Waals surface area (Å²) in [5, 5.41) is 3.42. The van der Waals surface area contributed by atoms with E-state index in [-0.39, 0.29) is 24.8 Å². The topological polar surface area (TPSA) is 18.5 Å². The molecule has 1 fully saturated rings. The molecule has 1 saturated heterocycles. The molecule has 1 N–H and O–H groups in total. The largest absolute Gasteiger partial charge is 0.314 e. The molecule has 0 radical (unpaired) electrons. The number of hydrogen-bond donors (Lipinski definition) is 1. The third-order valence-electron chi connectivity index (χ3n) is 4.61. The molecule has 0 saturated carbocycles. The molecular formula is C16H27Cl2N3. The Hall–Kier alpha value is -0.320. The molecule has 3 rings (SSSR count). The van der Waals surface area contributed by atoms with E-state index in [1.807, 2.05) is 0 Å². The van der Waals surface area contributed by atoms with Crippen molar-refractivity contribution in [1.29, 1.82) is 0 Å². The lowest BCUT2D eigenvalue weighted by atomic mass is 10.1. The summed E-state index contributed by atoms with van der Waals surface area (Å²) in [5.74, 6) is 0. The summed E-state index contributed by atoms with van der Waals surface area (Å²) in [6, 6.07) is 9.59. The smallest absolute Gasteiger partial charge is 0.0351 e. The second-order valence-electron chi connectivity index (χ2n) is 5.83. The normalized spacial score (nSPS) is 21.5. The van der Waals surface area contributed by atoms with Crippen molar-refractivity contribution in [2.45, 2.75) is 18.9 Å². The van der Waals surface area contributed by atoms with Gasteiger partial charge in [-0.15, -0.1) is 24.8 Å². The van der Waals surface area contributed by atoms with Crippen molar-refractivity contribution in [2.24, 2.45) is 0 Å². The first-order valence-electron chi connectivity index (χ1n) is 7.56. The molecule has 0 bridgehead atoms. The Morgan fingerprint density at radius 3 is 2.67 bits per heavy atom. The van der Waals surface area contributed by atoms with Crippen molar-refractivity contribution >= 4 is 24.8 Å². The molecule has 1 aliphatic heterocycles. The number of fused-ring (bicyclic) bond motifs is 1. The highest BCUT2D eigenvalue weighted by atomic mass is 35.5. The van der Waals surface area contributed by atoms with Gasteiger partial charge >= 0.3 is 0 Å². The maximum atomic E-state index is 3.42. The van der Waals surface area contributed by atoms with Crippen molar-refractivity contribution in [2.75, 3.05) is 46.3 Å². The van der Waals surface area contributed by atoms with Crippen LogP contribution in [0.1, 0.15) is 23.6 Å². The van der Waals surface area contributed by atoms with Gasteiger partial charge in [0.05, 0.1) is 0 Å². The third kappa shape index (κ3) is 4.57. The number of piperazine rings is 1. The van der Waals surface area contributed by atoms with Crippen molar-refractivity contribution in [3.8, 4) is 0 Å². The molecule has 1 heterocycles. The summed E-state index contributed by atoms with van der Waals surface area (Å²) in [6.07, 6.45) is 2.54. The molecule has 0 amide bonds. The lowest BCUT2D eigenvalue weighted by Gasteiger charge is -2.31. The molecule has 2 aliphatic rings. The molecule has 1 aromatic rings. The van der Waals surface area contributed by atoms with Crippen LogP contribution >= 0.6 is 24.8 Å². The second kappa shape index (κ2) is 8.96. The highest BCUT2D eigenvalue weighted by molar-refractivity contribution is 5.85. The number of benzene rings is 1. The van der Waals surface area contributed by atoms with Crippen LogP contribution in [0.25, 0.3) is 0 Å². The zero-order valence-electron chi connectivity index (χ0n) is 12.8. The molecular weight excluding hydrogens is 305 g/mol. The third-order valence-corrected chi connectivity index (χ3v) is 4.61. The fraction of sp³-hybridized carbons (Fsp3) is 0.625. The Morgan fingerprint density at radius 1 is 1.19 bits per heavy atom. The average Bonchev–Trinajstić information content (AvgIpc) is 2.90. The Morgan fingerprint density at radius 2 is 1.90 bits per heavy atom. The Balaban J connectivity index is 0.00000110. The zero-order valence-corrected chi connectivity index (χ0v) is 14.4. The fourth-order valence-corrected chi connectivity index (χ4v) is 3.38. The summed E-state index contributed by atoms with van der Waals surface area (Å²) >= 11 is 0. The van der Waals surface area contributed by atoms with Crippen molar-refractivity contribution < 1.29 is 0 Å². The quantitative estimate of drug-likeness (QED) is 0.913. The van der Waals surface area contributed by atoms with Gasteiger partial charge in [-0.1, -0.05) is 24.3 Å². The van der Waals surface area contributed by atoms with Crippen LogP contribution < -0.4 is 5.32 Å². The first kappa shape index (κ1) is 18.7. The minimum Gasteiger partial charge on any atom is -0.314 e. The maximum Gasteiger partial charge on any atom is 0.0351 e. The molecule has 1 aromatic carbocycles.